The quantitative estimate of drug-likeness (QED) is 0.919. The van der Waals surface area contributed by atoms with E-state index in [1.54, 1.807) is 12.1 Å². The maximum Gasteiger partial charge on any atom is 0.281 e. The zero-order valence-electron chi connectivity index (χ0n) is 10.9. The maximum absolute atomic E-state index is 13.1. The first-order valence-electron chi connectivity index (χ1n) is 6.19. The molecule has 1 aromatic heterocycles. The molecule has 0 spiro atoms. The molecule has 0 fully saturated rings. The number of H-pyrrole nitrogens is 1. The molecule has 1 aromatic carbocycles. The molecule has 3 nitrogen and oxygen atoms in total. The van der Waals surface area contributed by atoms with Crippen molar-refractivity contribution in [3.05, 3.63) is 56.2 Å². The molecular formula is C14H16BrFN2O. The van der Waals surface area contributed by atoms with Gasteiger partial charge < -0.3 is 0 Å². The summed E-state index contributed by atoms with van der Waals surface area (Å²) in [6.07, 6.45) is 0.798. The van der Waals surface area contributed by atoms with E-state index in [9.17, 15) is 9.18 Å². The fourth-order valence-corrected chi connectivity index (χ4v) is 2.45. The molecule has 0 atom stereocenters. The number of halogens is 2. The third-order valence-corrected chi connectivity index (χ3v) is 3.63. The summed E-state index contributed by atoms with van der Waals surface area (Å²) in [5.74, 6) is 0.163. The predicted octanol–water partition coefficient (Wildman–Crippen LogP) is 3.32. The molecule has 2 rings (SSSR count). The summed E-state index contributed by atoms with van der Waals surface area (Å²) >= 11 is 3.32. The standard InChI is InChI=1S/C14H16BrFN2O/c1-9(2)6-12-13(15)14(19)18(17-12)8-10-4-3-5-11(16)7-10/h3-5,7,9,17H,6,8H2,1-2H3. The van der Waals surface area contributed by atoms with Gasteiger partial charge in [-0.25, -0.2) is 9.07 Å². The second-order valence-corrected chi connectivity index (χ2v) is 5.82. The number of aromatic nitrogens is 2. The molecule has 0 aliphatic carbocycles. The molecule has 0 bridgehead atoms. The molecule has 0 saturated carbocycles. The number of benzene rings is 1. The Morgan fingerprint density at radius 3 is 2.79 bits per heavy atom. The average Bonchev–Trinajstić information content (AvgIpc) is 2.57. The highest BCUT2D eigenvalue weighted by molar-refractivity contribution is 9.10. The van der Waals surface area contributed by atoms with Crippen LogP contribution in [0.4, 0.5) is 4.39 Å². The Morgan fingerprint density at radius 1 is 1.42 bits per heavy atom. The number of nitrogens with zero attached hydrogens (tertiary/aromatic N) is 1. The smallest absolute Gasteiger partial charge is 0.281 e. The van der Waals surface area contributed by atoms with Gasteiger partial charge in [0.05, 0.1) is 12.2 Å². The number of hydrogen-bond acceptors (Lipinski definition) is 1. The normalized spacial score (nSPS) is 11.2. The molecular weight excluding hydrogens is 311 g/mol. The summed E-state index contributed by atoms with van der Waals surface area (Å²) in [6.45, 7) is 4.52. The minimum atomic E-state index is -0.293. The summed E-state index contributed by atoms with van der Waals surface area (Å²) in [7, 11) is 0. The third-order valence-electron chi connectivity index (χ3n) is 2.81. The first kappa shape index (κ1) is 14.1. The molecule has 19 heavy (non-hydrogen) atoms. The molecule has 0 saturated heterocycles. The molecule has 102 valence electrons. The van der Waals surface area contributed by atoms with Crippen molar-refractivity contribution in [3.63, 3.8) is 0 Å². The molecule has 0 aliphatic rings. The van der Waals surface area contributed by atoms with Gasteiger partial charge in [-0.1, -0.05) is 26.0 Å². The lowest BCUT2D eigenvalue weighted by Crippen LogP contribution is -2.17. The lowest BCUT2D eigenvalue weighted by atomic mass is 10.1. The zero-order valence-corrected chi connectivity index (χ0v) is 12.5. The molecule has 2 aromatic rings. The Morgan fingerprint density at radius 2 is 2.16 bits per heavy atom. The fraction of sp³-hybridized carbons (Fsp3) is 0.357. The second kappa shape index (κ2) is 5.74. The van der Waals surface area contributed by atoms with Crippen LogP contribution in [-0.4, -0.2) is 9.78 Å². The Labute approximate surface area is 119 Å². The highest BCUT2D eigenvalue weighted by Crippen LogP contribution is 2.15. The van der Waals surface area contributed by atoms with Crippen LogP contribution in [0.1, 0.15) is 25.1 Å². The summed E-state index contributed by atoms with van der Waals surface area (Å²) in [6, 6.07) is 6.26. The van der Waals surface area contributed by atoms with E-state index in [2.05, 4.69) is 34.9 Å². The Hall–Kier alpha value is -1.36. The fourth-order valence-electron chi connectivity index (χ4n) is 1.98. The predicted molar refractivity (Wildman–Crippen MR) is 76.8 cm³/mol. The van der Waals surface area contributed by atoms with Gasteiger partial charge in [0.1, 0.15) is 10.3 Å². The monoisotopic (exact) mass is 326 g/mol. The first-order valence-corrected chi connectivity index (χ1v) is 6.98. The third kappa shape index (κ3) is 3.35. The van der Waals surface area contributed by atoms with Crippen LogP contribution in [0, 0.1) is 11.7 Å². The van der Waals surface area contributed by atoms with Crippen LogP contribution >= 0.6 is 15.9 Å². The van der Waals surface area contributed by atoms with E-state index in [1.165, 1.54) is 16.8 Å². The van der Waals surface area contributed by atoms with Crippen molar-refractivity contribution in [1.29, 1.82) is 0 Å². The second-order valence-electron chi connectivity index (χ2n) is 5.02. The van der Waals surface area contributed by atoms with E-state index in [-0.39, 0.29) is 11.4 Å². The summed E-state index contributed by atoms with van der Waals surface area (Å²) in [4.78, 5) is 12.1. The van der Waals surface area contributed by atoms with Gasteiger partial charge in [-0.2, -0.15) is 0 Å². The minimum Gasteiger partial charge on any atom is -0.298 e. The summed E-state index contributed by atoms with van der Waals surface area (Å²) in [5, 5.41) is 3.08. The van der Waals surface area contributed by atoms with Gasteiger partial charge in [-0.3, -0.25) is 9.89 Å². The van der Waals surface area contributed by atoms with Crippen molar-refractivity contribution in [3.8, 4) is 0 Å². The van der Waals surface area contributed by atoms with Gasteiger partial charge in [0.25, 0.3) is 5.56 Å². The van der Waals surface area contributed by atoms with Crippen LogP contribution in [0.25, 0.3) is 0 Å². The van der Waals surface area contributed by atoms with Crippen molar-refractivity contribution in [2.75, 3.05) is 0 Å². The van der Waals surface area contributed by atoms with E-state index >= 15 is 0 Å². The zero-order chi connectivity index (χ0) is 14.0. The van der Waals surface area contributed by atoms with Crippen molar-refractivity contribution in [1.82, 2.24) is 9.78 Å². The van der Waals surface area contributed by atoms with E-state index in [4.69, 9.17) is 0 Å². The number of rotatable bonds is 4. The highest BCUT2D eigenvalue weighted by Gasteiger charge is 2.13. The van der Waals surface area contributed by atoms with Crippen molar-refractivity contribution >= 4 is 15.9 Å². The van der Waals surface area contributed by atoms with Crippen LogP contribution in [0.5, 0.6) is 0 Å². The maximum atomic E-state index is 13.1. The molecule has 1 heterocycles. The van der Waals surface area contributed by atoms with E-state index in [1.807, 2.05) is 0 Å². The van der Waals surface area contributed by atoms with E-state index < -0.39 is 0 Å². The Balaban J connectivity index is 2.28. The molecule has 0 amide bonds. The largest absolute Gasteiger partial charge is 0.298 e. The highest BCUT2D eigenvalue weighted by atomic mass is 79.9. The molecule has 5 heteroatoms. The molecule has 0 radical (unpaired) electrons. The van der Waals surface area contributed by atoms with Gasteiger partial charge in [0.2, 0.25) is 0 Å². The number of aromatic amines is 1. The lowest BCUT2D eigenvalue weighted by molar-refractivity contribution is 0.596. The van der Waals surface area contributed by atoms with E-state index in [0.29, 0.717) is 16.9 Å². The SMILES string of the molecule is CC(C)Cc1[nH]n(Cc2cccc(F)c2)c(=O)c1Br. The summed E-state index contributed by atoms with van der Waals surface area (Å²) in [5.41, 5.74) is 1.53. The Kier molecular flexibility index (Phi) is 4.24. The van der Waals surface area contributed by atoms with Gasteiger partial charge in [0, 0.05) is 0 Å². The van der Waals surface area contributed by atoms with Gasteiger partial charge in [-0.15, -0.1) is 0 Å². The van der Waals surface area contributed by atoms with Gasteiger partial charge in [-0.05, 0) is 46.0 Å². The molecule has 0 aliphatic heterocycles. The van der Waals surface area contributed by atoms with Crippen molar-refractivity contribution in [2.24, 2.45) is 5.92 Å². The van der Waals surface area contributed by atoms with Crippen molar-refractivity contribution < 1.29 is 4.39 Å². The van der Waals surface area contributed by atoms with E-state index in [0.717, 1.165) is 17.7 Å². The molecule has 0 unspecified atom stereocenters. The molecule has 1 N–H and O–H groups in total. The van der Waals surface area contributed by atoms with Crippen LogP contribution in [0.2, 0.25) is 0 Å². The number of hydrogen-bond donors (Lipinski definition) is 1. The van der Waals surface area contributed by atoms with Crippen LogP contribution in [0.3, 0.4) is 0 Å². The minimum absolute atomic E-state index is 0.111. The Bertz CT molecular complexity index is 631. The lowest BCUT2D eigenvalue weighted by Gasteiger charge is -2.04. The van der Waals surface area contributed by atoms with Crippen LogP contribution in [-0.2, 0) is 13.0 Å². The van der Waals surface area contributed by atoms with Gasteiger partial charge >= 0.3 is 0 Å². The number of nitrogens with one attached hydrogen (secondary N) is 1. The van der Waals surface area contributed by atoms with Crippen molar-refractivity contribution in [2.45, 2.75) is 26.8 Å². The summed E-state index contributed by atoms with van der Waals surface area (Å²) < 4.78 is 15.2. The van der Waals surface area contributed by atoms with Crippen LogP contribution < -0.4 is 5.56 Å². The van der Waals surface area contributed by atoms with Crippen LogP contribution in [0.15, 0.2) is 33.5 Å². The van der Waals surface area contributed by atoms with Gasteiger partial charge in [0.15, 0.2) is 0 Å². The average molecular weight is 327 g/mol. The first-order chi connectivity index (χ1) is 8.97. The topological polar surface area (TPSA) is 37.8 Å².